The molecule has 1 saturated heterocycles. The van der Waals surface area contributed by atoms with Crippen LogP contribution in [0, 0.1) is 5.92 Å². The standard InChI is InChI=1S/C11H16ClN3O2/c1-16-9-10(12)14-7-15-11(9)13-6-8-2-4-17-5-3-8/h7-8H,2-6H2,1H3,(H,13,14,15). The van der Waals surface area contributed by atoms with Crippen molar-refractivity contribution in [1.29, 1.82) is 0 Å². The molecule has 17 heavy (non-hydrogen) atoms. The number of aromatic nitrogens is 2. The SMILES string of the molecule is COc1c(Cl)ncnc1NCC1CCOCC1. The minimum Gasteiger partial charge on any atom is -0.490 e. The molecule has 0 aliphatic carbocycles. The number of rotatable bonds is 4. The molecule has 94 valence electrons. The average Bonchev–Trinajstić information content (AvgIpc) is 2.37. The van der Waals surface area contributed by atoms with Crippen molar-refractivity contribution >= 4 is 17.4 Å². The predicted octanol–water partition coefficient (Wildman–Crippen LogP) is 1.98. The molecule has 0 atom stereocenters. The fourth-order valence-electron chi connectivity index (χ4n) is 1.85. The van der Waals surface area contributed by atoms with Crippen molar-refractivity contribution < 1.29 is 9.47 Å². The number of hydrogen-bond donors (Lipinski definition) is 1. The van der Waals surface area contributed by atoms with E-state index in [4.69, 9.17) is 21.1 Å². The Morgan fingerprint density at radius 2 is 2.24 bits per heavy atom. The van der Waals surface area contributed by atoms with Crippen LogP contribution in [0.2, 0.25) is 5.15 Å². The molecule has 0 saturated carbocycles. The summed E-state index contributed by atoms with van der Waals surface area (Å²) < 4.78 is 10.5. The van der Waals surface area contributed by atoms with Gasteiger partial charge in [-0.15, -0.1) is 0 Å². The van der Waals surface area contributed by atoms with E-state index < -0.39 is 0 Å². The summed E-state index contributed by atoms with van der Waals surface area (Å²) in [5, 5.41) is 3.59. The van der Waals surface area contributed by atoms with Gasteiger partial charge in [-0.2, -0.15) is 0 Å². The summed E-state index contributed by atoms with van der Waals surface area (Å²) in [5.74, 6) is 1.77. The molecule has 2 rings (SSSR count). The number of hydrogen-bond acceptors (Lipinski definition) is 5. The second-order valence-electron chi connectivity index (χ2n) is 3.98. The zero-order valence-electron chi connectivity index (χ0n) is 9.78. The van der Waals surface area contributed by atoms with Gasteiger partial charge >= 0.3 is 0 Å². The van der Waals surface area contributed by atoms with Gasteiger partial charge in [0.15, 0.2) is 16.7 Å². The lowest BCUT2D eigenvalue weighted by Crippen LogP contribution is -2.23. The fraction of sp³-hybridized carbons (Fsp3) is 0.636. The van der Waals surface area contributed by atoms with E-state index in [9.17, 15) is 0 Å². The molecule has 0 bridgehead atoms. The van der Waals surface area contributed by atoms with Crippen molar-refractivity contribution in [3.05, 3.63) is 11.5 Å². The van der Waals surface area contributed by atoms with Crippen molar-refractivity contribution in [2.75, 3.05) is 32.2 Å². The van der Waals surface area contributed by atoms with Crippen LogP contribution >= 0.6 is 11.6 Å². The molecule has 1 aliphatic heterocycles. The van der Waals surface area contributed by atoms with Crippen LogP contribution in [-0.2, 0) is 4.74 Å². The molecule has 1 aromatic heterocycles. The molecule has 0 unspecified atom stereocenters. The maximum Gasteiger partial charge on any atom is 0.198 e. The van der Waals surface area contributed by atoms with E-state index in [-0.39, 0.29) is 0 Å². The van der Waals surface area contributed by atoms with Gasteiger partial charge in [-0.3, -0.25) is 0 Å². The quantitative estimate of drug-likeness (QED) is 0.836. The van der Waals surface area contributed by atoms with Crippen molar-refractivity contribution in [1.82, 2.24) is 9.97 Å². The summed E-state index contributed by atoms with van der Waals surface area (Å²) in [6, 6.07) is 0. The van der Waals surface area contributed by atoms with E-state index in [1.54, 1.807) is 7.11 Å². The molecule has 0 amide bonds. The largest absolute Gasteiger partial charge is 0.490 e. The summed E-state index contributed by atoms with van der Waals surface area (Å²) in [4.78, 5) is 8.01. The predicted molar refractivity (Wildman–Crippen MR) is 65.6 cm³/mol. The molecule has 2 heterocycles. The molecule has 5 nitrogen and oxygen atoms in total. The minimum absolute atomic E-state index is 0.331. The first-order valence-electron chi connectivity index (χ1n) is 5.67. The van der Waals surface area contributed by atoms with E-state index in [0.29, 0.717) is 22.6 Å². The summed E-state index contributed by atoms with van der Waals surface area (Å²) in [6.45, 7) is 2.54. The van der Waals surface area contributed by atoms with Gasteiger partial charge in [-0.1, -0.05) is 11.6 Å². The second kappa shape index (κ2) is 6.02. The lowest BCUT2D eigenvalue weighted by molar-refractivity contribution is 0.0699. The number of anilines is 1. The van der Waals surface area contributed by atoms with Gasteiger partial charge in [0.05, 0.1) is 7.11 Å². The lowest BCUT2D eigenvalue weighted by Gasteiger charge is -2.22. The zero-order chi connectivity index (χ0) is 12.1. The van der Waals surface area contributed by atoms with Gasteiger partial charge in [-0.05, 0) is 18.8 Å². The Kier molecular flexibility index (Phi) is 4.39. The number of methoxy groups -OCH3 is 1. The van der Waals surface area contributed by atoms with Gasteiger partial charge in [-0.25, -0.2) is 9.97 Å². The summed E-state index contributed by atoms with van der Waals surface area (Å²) in [6.07, 6.45) is 3.58. The highest BCUT2D eigenvalue weighted by atomic mass is 35.5. The summed E-state index contributed by atoms with van der Waals surface area (Å²) in [7, 11) is 1.56. The Hall–Kier alpha value is -1.07. The van der Waals surface area contributed by atoms with Crippen molar-refractivity contribution in [3.8, 4) is 5.75 Å². The van der Waals surface area contributed by atoms with Crippen molar-refractivity contribution in [2.45, 2.75) is 12.8 Å². The molecule has 0 radical (unpaired) electrons. The van der Waals surface area contributed by atoms with Crippen LogP contribution in [0.25, 0.3) is 0 Å². The fourth-order valence-corrected chi connectivity index (χ4v) is 2.06. The average molecular weight is 258 g/mol. The van der Waals surface area contributed by atoms with E-state index in [1.807, 2.05) is 0 Å². The van der Waals surface area contributed by atoms with Crippen LogP contribution in [0.1, 0.15) is 12.8 Å². The van der Waals surface area contributed by atoms with Crippen LogP contribution < -0.4 is 10.1 Å². The third-order valence-electron chi connectivity index (χ3n) is 2.86. The molecule has 1 fully saturated rings. The van der Waals surface area contributed by atoms with Gasteiger partial charge in [0.2, 0.25) is 0 Å². The Morgan fingerprint density at radius 3 is 2.94 bits per heavy atom. The van der Waals surface area contributed by atoms with Crippen LogP contribution in [0.4, 0.5) is 5.82 Å². The first-order chi connectivity index (χ1) is 8.31. The first kappa shape index (κ1) is 12.4. The highest BCUT2D eigenvalue weighted by Crippen LogP contribution is 2.28. The minimum atomic E-state index is 0.331. The van der Waals surface area contributed by atoms with Crippen molar-refractivity contribution in [3.63, 3.8) is 0 Å². The van der Waals surface area contributed by atoms with E-state index in [2.05, 4.69) is 15.3 Å². The van der Waals surface area contributed by atoms with Crippen LogP contribution in [-0.4, -0.2) is 36.8 Å². The van der Waals surface area contributed by atoms with Gasteiger partial charge in [0.1, 0.15) is 6.33 Å². The zero-order valence-corrected chi connectivity index (χ0v) is 10.5. The summed E-state index contributed by atoms with van der Waals surface area (Å²) in [5.41, 5.74) is 0. The molecule has 6 heteroatoms. The number of halogens is 1. The Labute approximate surface area is 105 Å². The normalized spacial score (nSPS) is 16.8. The third-order valence-corrected chi connectivity index (χ3v) is 3.13. The third kappa shape index (κ3) is 3.20. The molecule has 1 aliphatic rings. The molecular weight excluding hydrogens is 242 g/mol. The van der Waals surface area contributed by atoms with Gasteiger partial charge < -0.3 is 14.8 Å². The van der Waals surface area contributed by atoms with Crippen LogP contribution in [0.5, 0.6) is 5.75 Å². The highest BCUT2D eigenvalue weighted by Gasteiger charge is 2.15. The number of ether oxygens (including phenoxy) is 2. The lowest BCUT2D eigenvalue weighted by atomic mass is 10.0. The van der Waals surface area contributed by atoms with Crippen LogP contribution in [0.15, 0.2) is 6.33 Å². The molecule has 1 N–H and O–H groups in total. The smallest absolute Gasteiger partial charge is 0.198 e. The first-order valence-corrected chi connectivity index (χ1v) is 6.05. The molecule has 1 aromatic rings. The van der Waals surface area contributed by atoms with Gasteiger partial charge in [0.25, 0.3) is 0 Å². The summed E-state index contributed by atoms with van der Waals surface area (Å²) >= 11 is 5.91. The molecule has 0 spiro atoms. The molecular formula is C11H16ClN3O2. The Bertz CT molecular complexity index is 370. The maximum absolute atomic E-state index is 5.91. The number of nitrogens with zero attached hydrogens (tertiary/aromatic N) is 2. The van der Waals surface area contributed by atoms with Crippen molar-refractivity contribution in [2.24, 2.45) is 5.92 Å². The highest BCUT2D eigenvalue weighted by molar-refractivity contribution is 6.31. The molecule has 0 aromatic carbocycles. The second-order valence-corrected chi connectivity index (χ2v) is 4.34. The van der Waals surface area contributed by atoms with E-state index >= 15 is 0 Å². The Morgan fingerprint density at radius 1 is 1.47 bits per heavy atom. The maximum atomic E-state index is 5.91. The van der Waals surface area contributed by atoms with E-state index in [0.717, 1.165) is 32.6 Å². The Balaban J connectivity index is 1.95. The van der Waals surface area contributed by atoms with Crippen LogP contribution in [0.3, 0.4) is 0 Å². The number of nitrogens with one attached hydrogen (secondary N) is 1. The van der Waals surface area contributed by atoms with Gasteiger partial charge in [0, 0.05) is 19.8 Å². The van der Waals surface area contributed by atoms with E-state index in [1.165, 1.54) is 6.33 Å². The topological polar surface area (TPSA) is 56.3 Å². The monoisotopic (exact) mass is 257 g/mol.